The number of ether oxygens (including phenoxy) is 1. The van der Waals surface area contributed by atoms with Crippen LogP contribution in [0.4, 0.5) is 0 Å². The summed E-state index contributed by atoms with van der Waals surface area (Å²) in [5.74, 6) is 0. The summed E-state index contributed by atoms with van der Waals surface area (Å²) in [7, 11) is -1.42. The van der Waals surface area contributed by atoms with Gasteiger partial charge in [-0.25, -0.2) is 0 Å². The topological polar surface area (TPSA) is 9.23 Å². The van der Waals surface area contributed by atoms with Gasteiger partial charge in [-0.3, -0.25) is 0 Å². The van der Waals surface area contributed by atoms with Gasteiger partial charge in [0, 0.05) is 13.2 Å². The standard InChI is InChI=1S/C8H18Cl2OSi/c1-2-3-4-5-6-11-7-8-12(9)10/h12H,2-8H2,1H3. The first-order valence-electron chi connectivity index (χ1n) is 4.63. The van der Waals surface area contributed by atoms with Crippen molar-refractivity contribution in [1.29, 1.82) is 0 Å². The molecule has 0 spiro atoms. The Hall–Kier alpha value is 0.757. The van der Waals surface area contributed by atoms with Crippen LogP contribution in [0.2, 0.25) is 6.04 Å². The first-order chi connectivity index (χ1) is 5.77. The second kappa shape index (κ2) is 9.84. The second-order valence-corrected chi connectivity index (χ2v) is 8.04. The molecule has 0 amide bonds. The zero-order valence-corrected chi connectivity index (χ0v) is 10.4. The predicted octanol–water partition coefficient (Wildman–Crippen LogP) is 3.28. The number of halogens is 2. The molecular formula is C8H18Cl2OSi. The molecule has 0 rings (SSSR count). The summed E-state index contributed by atoms with van der Waals surface area (Å²) >= 11 is 11.3. The Morgan fingerprint density at radius 2 is 1.83 bits per heavy atom. The van der Waals surface area contributed by atoms with Crippen LogP contribution in [0.5, 0.6) is 0 Å². The van der Waals surface area contributed by atoms with Crippen LogP contribution in [0.1, 0.15) is 32.6 Å². The molecular weight excluding hydrogens is 211 g/mol. The lowest BCUT2D eigenvalue weighted by Gasteiger charge is -2.02. The van der Waals surface area contributed by atoms with E-state index < -0.39 is 7.42 Å². The Morgan fingerprint density at radius 3 is 2.42 bits per heavy atom. The third kappa shape index (κ3) is 10.8. The van der Waals surface area contributed by atoms with Crippen molar-refractivity contribution >= 4 is 29.6 Å². The van der Waals surface area contributed by atoms with E-state index in [0.29, 0.717) is 0 Å². The molecule has 0 aromatic heterocycles. The molecule has 1 nitrogen and oxygen atoms in total. The fourth-order valence-corrected chi connectivity index (χ4v) is 1.78. The normalized spacial score (nSPS) is 11.0. The van der Waals surface area contributed by atoms with Gasteiger partial charge in [-0.05, 0) is 12.5 Å². The molecule has 0 N–H and O–H groups in total. The summed E-state index contributed by atoms with van der Waals surface area (Å²) in [6, 6.07) is 0.872. The highest BCUT2D eigenvalue weighted by molar-refractivity contribution is 7.33. The lowest BCUT2D eigenvalue weighted by Crippen LogP contribution is -2.02. The lowest BCUT2D eigenvalue weighted by molar-refractivity contribution is 0.143. The van der Waals surface area contributed by atoms with Gasteiger partial charge in [0.05, 0.1) is 0 Å². The Bertz CT molecular complexity index is 91.1. The fraction of sp³-hybridized carbons (Fsp3) is 1.00. The van der Waals surface area contributed by atoms with Crippen molar-refractivity contribution in [2.75, 3.05) is 13.2 Å². The van der Waals surface area contributed by atoms with E-state index in [0.717, 1.165) is 19.3 Å². The quantitative estimate of drug-likeness (QED) is 0.352. The minimum atomic E-state index is -1.42. The van der Waals surface area contributed by atoms with E-state index in [2.05, 4.69) is 6.92 Å². The van der Waals surface area contributed by atoms with Crippen molar-refractivity contribution in [3.8, 4) is 0 Å². The Morgan fingerprint density at radius 1 is 1.08 bits per heavy atom. The summed E-state index contributed by atoms with van der Waals surface area (Å²) in [5.41, 5.74) is 0. The minimum Gasteiger partial charge on any atom is -0.382 e. The van der Waals surface area contributed by atoms with E-state index >= 15 is 0 Å². The molecule has 0 unspecified atom stereocenters. The highest BCUT2D eigenvalue weighted by atomic mass is 35.7. The van der Waals surface area contributed by atoms with Gasteiger partial charge < -0.3 is 4.74 Å². The van der Waals surface area contributed by atoms with Crippen LogP contribution in [0.3, 0.4) is 0 Å². The van der Waals surface area contributed by atoms with Gasteiger partial charge in [0.25, 0.3) is 0 Å². The maximum absolute atomic E-state index is 5.66. The summed E-state index contributed by atoms with van der Waals surface area (Å²) in [4.78, 5) is 0. The van der Waals surface area contributed by atoms with Crippen molar-refractivity contribution < 1.29 is 4.74 Å². The van der Waals surface area contributed by atoms with Crippen molar-refractivity contribution in [3.63, 3.8) is 0 Å². The van der Waals surface area contributed by atoms with Gasteiger partial charge in [0.2, 0.25) is 7.42 Å². The average molecular weight is 229 g/mol. The van der Waals surface area contributed by atoms with Crippen LogP contribution in [0.15, 0.2) is 0 Å². The Kier molecular flexibility index (Phi) is 10.5. The van der Waals surface area contributed by atoms with Crippen LogP contribution in [0, 0.1) is 0 Å². The van der Waals surface area contributed by atoms with Gasteiger partial charge in [-0.1, -0.05) is 26.2 Å². The van der Waals surface area contributed by atoms with Crippen molar-refractivity contribution in [3.05, 3.63) is 0 Å². The summed E-state index contributed by atoms with van der Waals surface area (Å²) < 4.78 is 5.36. The number of unbranched alkanes of at least 4 members (excludes halogenated alkanes) is 3. The Balaban J connectivity index is 2.82. The minimum absolute atomic E-state index is 0.746. The number of rotatable bonds is 8. The van der Waals surface area contributed by atoms with Gasteiger partial charge in [-0.2, -0.15) is 22.2 Å². The molecule has 0 aliphatic heterocycles. The zero-order valence-electron chi connectivity index (χ0n) is 7.69. The van der Waals surface area contributed by atoms with Gasteiger partial charge in [0.15, 0.2) is 0 Å². The predicted molar refractivity (Wildman–Crippen MR) is 58.6 cm³/mol. The van der Waals surface area contributed by atoms with Crippen LogP contribution in [0.25, 0.3) is 0 Å². The van der Waals surface area contributed by atoms with Crippen LogP contribution >= 0.6 is 22.2 Å². The van der Waals surface area contributed by atoms with Crippen LogP contribution in [-0.4, -0.2) is 20.6 Å². The van der Waals surface area contributed by atoms with E-state index in [9.17, 15) is 0 Å². The van der Waals surface area contributed by atoms with Gasteiger partial charge in [-0.15, -0.1) is 0 Å². The van der Waals surface area contributed by atoms with Gasteiger partial charge in [0.1, 0.15) is 0 Å². The molecule has 74 valence electrons. The van der Waals surface area contributed by atoms with Crippen molar-refractivity contribution in [2.24, 2.45) is 0 Å². The van der Waals surface area contributed by atoms with E-state index in [1.807, 2.05) is 0 Å². The van der Waals surface area contributed by atoms with E-state index in [-0.39, 0.29) is 0 Å². The molecule has 0 radical (unpaired) electrons. The summed E-state index contributed by atoms with van der Waals surface area (Å²) in [6.45, 7) is 3.82. The summed E-state index contributed by atoms with van der Waals surface area (Å²) in [5, 5.41) is 0. The molecule has 0 aromatic rings. The molecule has 0 aromatic carbocycles. The highest BCUT2D eigenvalue weighted by Gasteiger charge is 2.00. The molecule has 0 bridgehead atoms. The zero-order chi connectivity index (χ0) is 9.23. The third-order valence-electron chi connectivity index (χ3n) is 1.62. The molecule has 4 heteroatoms. The van der Waals surface area contributed by atoms with Crippen LogP contribution in [-0.2, 0) is 4.74 Å². The molecule has 0 saturated heterocycles. The third-order valence-corrected chi connectivity index (χ3v) is 3.60. The molecule has 0 heterocycles. The number of hydrogen-bond acceptors (Lipinski definition) is 1. The van der Waals surface area contributed by atoms with E-state index in [1.165, 1.54) is 25.7 Å². The van der Waals surface area contributed by atoms with Crippen molar-refractivity contribution in [2.45, 2.75) is 38.7 Å². The first-order valence-corrected chi connectivity index (χ1v) is 8.94. The van der Waals surface area contributed by atoms with E-state index in [1.54, 1.807) is 0 Å². The molecule has 12 heavy (non-hydrogen) atoms. The molecule has 0 atom stereocenters. The monoisotopic (exact) mass is 228 g/mol. The van der Waals surface area contributed by atoms with Crippen molar-refractivity contribution in [1.82, 2.24) is 0 Å². The maximum atomic E-state index is 5.66. The SMILES string of the molecule is CCCCCCOCC[SiH](Cl)Cl. The molecule has 0 fully saturated rings. The summed E-state index contributed by atoms with van der Waals surface area (Å²) in [6.07, 6.45) is 5.04. The van der Waals surface area contributed by atoms with Gasteiger partial charge >= 0.3 is 0 Å². The Labute approximate surface area is 86.4 Å². The smallest absolute Gasteiger partial charge is 0.239 e. The highest BCUT2D eigenvalue weighted by Crippen LogP contribution is 2.04. The number of hydrogen-bond donors (Lipinski definition) is 0. The fourth-order valence-electron chi connectivity index (χ4n) is 0.905. The van der Waals surface area contributed by atoms with Crippen LogP contribution < -0.4 is 0 Å². The average Bonchev–Trinajstić information content (AvgIpc) is 2.02. The molecule has 0 aliphatic rings. The first kappa shape index (κ1) is 12.8. The second-order valence-electron chi connectivity index (χ2n) is 2.85. The molecule has 0 saturated carbocycles. The largest absolute Gasteiger partial charge is 0.382 e. The van der Waals surface area contributed by atoms with E-state index in [4.69, 9.17) is 26.9 Å². The molecule has 0 aliphatic carbocycles. The lowest BCUT2D eigenvalue weighted by atomic mass is 10.2. The maximum Gasteiger partial charge on any atom is 0.239 e.